The molecule has 3 heterocycles. The fraction of sp³-hybridized carbons (Fsp3) is 0.727. The highest BCUT2D eigenvalue weighted by atomic mass is 16.1. The molecule has 9 nitrogen and oxygen atoms in total. The lowest BCUT2D eigenvalue weighted by Gasteiger charge is -2.30. The highest BCUT2D eigenvalue weighted by Gasteiger charge is 2.25. The van der Waals surface area contributed by atoms with Crippen molar-refractivity contribution in [1.29, 1.82) is 0 Å². The Labute approximate surface area is 183 Å². The summed E-state index contributed by atoms with van der Waals surface area (Å²) in [5, 5.41) is 7.21. The van der Waals surface area contributed by atoms with Crippen LogP contribution in [0.3, 0.4) is 0 Å². The third-order valence-electron chi connectivity index (χ3n) is 7.26. The van der Waals surface area contributed by atoms with Gasteiger partial charge in [0, 0.05) is 37.3 Å². The van der Waals surface area contributed by atoms with Crippen LogP contribution in [0.15, 0.2) is 6.33 Å². The number of amides is 1. The summed E-state index contributed by atoms with van der Waals surface area (Å²) in [5.41, 5.74) is 7.85. The van der Waals surface area contributed by atoms with Crippen molar-refractivity contribution >= 4 is 29.3 Å². The fourth-order valence-corrected chi connectivity index (χ4v) is 5.32. The second kappa shape index (κ2) is 8.98. The van der Waals surface area contributed by atoms with Crippen LogP contribution in [0.5, 0.6) is 0 Å². The van der Waals surface area contributed by atoms with E-state index in [2.05, 4.69) is 15.2 Å². The van der Waals surface area contributed by atoms with E-state index in [1.54, 1.807) is 0 Å². The van der Waals surface area contributed by atoms with Gasteiger partial charge in [0.1, 0.15) is 0 Å². The molecule has 1 aliphatic heterocycles. The molecule has 2 saturated carbocycles. The molecule has 0 spiro atoms. The van der Waals surface area contributed by atoms with Gasteiger partial charge in [0.05, 0.1) is 6.33 Å². The van der Waals surface area contributed by atoms with E-state index in [9.17, 15) is 4.79 Å². The number of hydrogen-bond donors (Lipinski definition) is 3. The first-order valence-corrected chi connectivity index (χ1v) is 11.9. The number of carbonyl (C=O) groups excluding carboxylic acids is 1. The molecule has 0 unspecified atom stereocenters. The number of nitrogens with zero attached hydrogens (tertiary/aromatic N) is 5. The maximum Gasteiger partial charge on any atom is 0.227 e. The Morgan fingerprint density at radius 1 is 0.935 bits per heavy atom. The Balaban J connectivity index is 1.42. The van der Waals surface area contributed by atoms with Gasteiger partial charge in [-0.2, -0.15) is 9.97 Å². The Morgan fingerprint density at radius 3 is 2.35 bits per heavy atom. The van der Waals surface area contributed by atoms with Crippen molar-refractivity contribution in [3.8, 4) is 0 Å². The molecule has 4 N–H and O–H groups in total. The zero-order chi connectivity index (χ0) is 21.2. The summed E-state index contributed by atoms with van der Waals surface area (Å²) in [4.78, 5) is 27.4. The highest BCUT2D eigenvalue weighted by molar-refractivity contribution is 5.84. The Morgan fingerprint density at radius 2 is 1.65 bits per heavy atom. The van der Waals surface area contributed by atoms with E-state index in [0.717, 1.165) is 75.0 Å². The van der Waals surface area contributed by atoms with Crippen molar-refractivity contribution in [2.45, 2.75) is 88.4 Å². The lowest BCUT2D eigenvalue weighted by Crippen LogP contribution is -2.38. The molecule has 168 valence electrons. The van der Waals surface area contributed by atoms with Crippen LogP contribution in [0.25, 0.3) is 11.2 Å². The first-order valence-electron chi connectivity index (χ1n) is 11.9. The summed E-state index contributed by atoms with van der Waals surface area (Å²) in [6.07, 6.45) is 13.8. The first kappa shape index (κ1) is 20.5. The molecule has 0 bridgehead atoms. The lowest BCUT2D eigenvalue weighted by atomic mass is 9.92. The van der Waals surface area contributed by atoms with Gasteiger partial charge in [-0.3, -0.25) is 4.79 Å². The smallest absolute Gasteiger partial charge is 0.227 e. The van der Waals surface area contributed by atoms with E-state index >= 15 is 0 Å². The molecule has 2 aliphatic carbocycles. The predicted molar refractivity (Wildman–Crippen MR) is 121 cm³/mol. The van der Waals surface area contributed by atoms with Crippen molar-refractivity contribution in [1.82, 2.24) is 24.4 Å². The minimum Gasteiger partial charge on any atom is -0.365 e. The number of anilines is 2. The molecule has 9 heteroatoms. The average Bonchev–Trinajstić information content (AvgIpc) is 3.46. The number of likely N-dealkylation sites (tertiary alicyclic amines) is 1. The van der Waals surface area contributed by atoms with Gasteiger partial charge in [-0.05, 0) is 51.4 Å². The molecular weight excluding hydrogens is 392 g/mol. The van der Waals surface area contributed by atoms with E-state index in [-0.39, 0.29) is 6.04 Å². The van der Waals surface area contributed by atoms with Crippen LogP contribution in [0.1, 0.15) is 70.3 Å². The predicted octanol–water partition coefficient (Wildman–Crippen LogP) is 2.66. The summed E-state index contributed by atoms with van der Waals surface area (Å²) in [7, 11) is 0. The largest absolute Gasteiger partial charge is 0.365 e. The maximum atomic E-state index is 11.0. The zero-order valence-electron chi connectivity index (χ0n) is 18.2. The molecule has 2 aromatic rings. The second-order valence-corrected chi connectivity index (χ2v) is 9.47. The van der Waals surface area contributed by atoms with E-state index in [4.69, 9.17) is 20.7 Å². The van der Waals surface area contributed by atoms with E-state index < -0.39 is 0 Å². The Kier molecular flexibility index (Phi) is 5.93. The van der Waals surface area contributed by atoms with E-state index in [0.29, 0.717) is 24.1 Å². The summed E-state index contributed by atoms with van der Waals surface area (Å²) in [6, 6.07) is 1.44. The first-order chi connectivity index (χ1) is 15.2. The van der Waals surface area contributed by atoms with Crippen LogP contribution in [0.4, 0.5) is 11.8 Å². The molecule has 3 fully saturated rings. The summed E-state index contributed by atoms with van der Waals surface area (Å²) < 4.78 is 2.26. The number of rotatable bonds is 6. The SMILES string of the molecule is NC1CCC(Nc2nc(NC3CCN(C=O)CC3)c3ncn(C4CCCC4)c3n2)CC1. The average molecular weight is 427 g/mol. The van der Waals surface area contributed by atoms with Crippen LogP contribution >= 0.6 is 0 Å². The molecule has 5 rings (SSSR count). The molecular formula is C22H34N8O. The van der Waals surface area contributed by atoms with E-state index in [1.807, 2.05) is 11.2 Å². The molecule has 31 heavy (non-hydrogen) atoms. The Hall–Kier alpha value is -2.42. The fourth-order valence-electron chi connectivity index (χ4n) is 5.32. The number of fused-ring (bicyclic) bond motifs is 1. The van der Waals surface area contributed by atoms with E-state index in [1.165, 1.54) is 25.7 Å². The topological polar surface area (TPSA) is 114 Å². The molecule has 0 aromatic carbocycles. The normalized spacial score (nSPS) is 25.8. The second-order valence-electron chi connectivity index (χ2n) is 9.47. The number of nitrogens with one attached hydrogen (secondary N) is 2. The number of imidazole rings is 1. The minimum atomic E-state index is 0.284. The van der Waals surface area contributed by atoms with Crippen molar-refractivity contribution in [3.05, 3.63) is 6.33 Å². The molecule has 1 amide bonds. The maximum absolute atomic E-state index is 11.0. The van der Waals surface area contributed by atoms with Gasteiger partial charge < -0.3 is 25.8 Å². The van der Waals surface area contributed by atoms with Crippen LogP contribution < -0.4 is 16.4 Å². The van der Waals surface area contributed by atoms with Gasteiger partial charge in [-0.1, -0.05) is 12.8 Å². The molecule has 3 aliphatic rings. The van der Waals surface area contributed by atoms with Gasteiger partial charge in [-0.15, -0.1) is 0 Å². The van der Waals surface area contributed by atoms with Crippen molar-refractivity contribution < 1.29 is 4.79 Å². The number of piperidine rings is 1. The Bertz CT molecular complexity index is 892. The number of carbonyl (C=O) groups is 1. The standard InChI is InChI=1S/C22H34N8O/c23-15-5-7-16(8-6-15)26-22-27-20(25-17-9-11-29(14-31)12-10-17)19-21(28-22)30(13-24-19)18-3-1-2-4-18/h13-18H,1-12,23H2,(H2,25,26,27,28). The molecule has 0 atom stereocenters. The van der Waals surface area contributed by atoms with Crippen LogP contribution in [0, 0.1) is 0 Å². The monoisotopic (exact) mass is 426 g/mol. The van der Waals surface area contributed by atoms with Crippen LogP contribution in [-0.4, -0.2) is 62.0 Å². The van der Waals surface area contributed by atoms with Gasteiger partial charge in [0.2, 0.25) is 12.4 Å². The van der Waals surface area contributed by atoms with Crippen LogP contribution in [-0.2, 0) is 4.79 Å². The number of hydrogen-bond acceptors (Lipinski definition) is 7. The molecule has 1 saturated heterocycles. The quantitative estimate of drug-likeness (QED) is 0.609. The molecule has 0 radical (unpaired) electrons. The van der Waals surface area contributed by atoms with Gasteiger partial charge in [-0.25, -0.2) is 4.98 Å². The minimum absolute atomic E-state index is 0.284. The lowest BCUT2D eigenvalue weighted by molar-refractivity contribution is -0.118. The number of nitrogens with two attached hydrogens (primary N) is 1. The van der Waals surface area contributed by atoms with Crippen molar-refractivity contribution in [3.63, 3.8) is 0 Å². The highest BCUT2D eigenvalue weighted by Crippen LogP contribution is 2.33. The third-order valence-corrected chi connectivity index (χ3v) is 7.26. The number of aromatic nitrogens is 4. The van der Waals surface area contributed by atoms with Crippen LogP contribution in [0.2, 0.25) is 0 Å². The zero-order valence-corrected chi connectivity index (χ0v) is 18.2. The van der Waals surface area contributed by atoms with Gasteiger partial charge in [0.15, 0.2) is 17.0 Å². The van der Waals surface area contributed by atoms with Gasteiger partial charge in [0.25, 0.3) is 0 Å². The van der Waals surface area contributed by atoms with Crippen molar-refractivity contribution in [2.24, 2.45) is 5.73 Å². The van der Waals surface area contributed by atoms with Gasteiger partial charge >= 0.3 is 0 Å². The third kappa shape index (κ3) is 4.46. The molecule has 2 aromatic heterocycles. The summed E-state index contributed by atoms with van der Waals surface area (Å²) in [5.74, 6) is 1.49. The summed E-state index contributed by atoms with van der Waals surface area (Å²) in [6.45, 7) is 1.55. The summed E-state index contributed by atoms with van der Waals surface area (Å²) >= 11 is 0. The van der Waals surface area contributed by atoms with Crippen molar-refractivity contribution in [2.75, 3.05) is 23.7 Å².